The first-order valence-corrected chi connectivity index (χ1v) is 6.51. The Labute approximate surface area is 116 Å². The Morgan fingerprint density at radius 3 is 2.58 bits per heavy atom. The summed E-state index contributed by atoms with van der Waals surface area (Å²) in [4.78, 5) is 23.3. The number of carboxylic acids is 1. The molecule has 0 bridgehead atoms. The van der Waals surface area contributed by atoms with Gasteiger partial charge in [0.1, 0.15) is 5.75 Å². The van der Waals surface area contributed by atoms with Gasteiger partial charge in [0, 0.05) is 10.9 Å². The standard InChI is InChI=1S/C14H15ClO4/c1-19-12-5-4-10(15)7-11(12)13(16)8-2-3-9(6-8)14(17)18/h4-5,7-9H,2-3,6H2,1H3,(H,17,18). The Balaban J connectivity index is 2.21. The molecule has 0 heterocycles. The van der Waals surface area contributed by atoms with Gasteiger partial charge in [-0.3, -0.25) is 9.59 Å². The number of carboxylic acid groups (broad SMARTS) is 1. The summed E-state index contributed by atoms with van der Waals surface area (Å²) in [5, 5.41) is 9.44. The van der Waals surface area contributed by atoms with E-state index in [-0.39, 0.29) is 11.7 Å². The normalized spacial score (nSPS) is 22.2. The lowest BCUT2D eigenvalue weighted by molar-refractivity contribution is -0.141. The van der Waals surface area contributed by atoms with Gasteiger partial charge in [0.2, 0.25) is 0 Å². The van der Waals surface area contributed by atoms with Crippen molar-refractivity contribution >= 4 is 23.4 Å². The van der Waals surface area contributed by atoms with Crippen LogP contribution in [0.2, 0.25) is 5.02 Å². The number of methoxy groups -OCH3 is 1. The van der Waals surface area contributed by atoms with Crippen LogP contribution in [-0.2, 0) is 4.79 Å². The summed E-state index contributed by atoms with van der Waals surface area (Å²) >= 11 is 5.90. The lowest BCUT2D eigenvalue weighted by Gasteiger charge is -2.12. The van der Waals surface area contributed by atoms with E-state index in [0.717, 1.165) is 0 Å². The van der Waals surface area contributed by atoms with E-state index >= 15 is 0 Å². The zero-order valence-electron chi connectivity index (χ0n) is 10.6. The number of benzene rings is 1. The van der Waals surface area contributed by atoms with Crippen molar-refractivity contribution in [1.29, 1.82) is 0 Å². The molecule has 1 N–H and O–H groups in total. The number of hydrogen-bond acceptors (Lipinski definition) is 3. The number of hydrogen-bond donors (Lipinski definition) is 1. The van der Waals surface area contributed by atoms with Crippen LogP contribution in [0.3, 0.4) is 0 Å². The zero-order valence-corrected chi connectivity index (χ0v) is 11.3. The lowest BCUT2D eigenvalue weighted by atomic mass is 9.94. The van der Waals surface area contributed by atoms with Gasteiger partial charge in [-0.15, -0.1) is 0 Å². The first-order chi connectivity index (χ1) is 9.02. The van der Waals surface area contributed by atoms with E-state index in [9.17, 15) is 9.59 Å². The molecular weight excluding hydrogens is 268 g/mol. The molecule has 1 aliphatic carbocycles. The number of halogens is 1. The highest BCUT2D eigenvalue weighted by atomic mass is 35.5. The Kier molecular flexibility index (Phi) is 4.10. The third-order valence-corrected chi connectivity index (χ3v) is 3.81. The highest BCUT2D eigenvalue weighted by Gasteiger charge is 2.35. The number of rotatable bonds is 4. The topological polar surface area (TPSA) is 63.6 Å². The van der Waals surface area contributed by atoms with Crippen LogP contribution in [0.25, 0.3) is 0 Å². The molecule has 2 unspecified atom stereocenters. The number of ketones is 1. The Morgan fingerprint density at radius 2 is 2.00 bits per heavy atom. The predicted octanol–water partition coefficient (Wildman–Crippen LogP) is 3.03. The quantitative estimate of drug-likeness (QED) is 0.862. The third kappa shape index (κ3) is 2.89. The molecule has 1 saturated carbocycles. The number of Topliss-reactive ketones (excluding diaryl/α,β-unsaturated/α-hetero) is 1. The molecule has 1 aliphatic rings. The van der Waals surface area contributed by atoms with Crippen molar-refractivity contribution in [3.8, 4) is 5.75 Å². The average Bonchev–Trinajstić information content (AvgIpc) is 2.87. The maximum atomic E-state index is 12.4. The molecule has 2 rings (SSSR count). The van der Waals surface area contributed by atoms with Crippen molar-refractivity contribution in [2.45, 2.75) is 19.3 Å². The van der Waals surface area contributed by atoms with Gasteiger partial charge >= 0.3 is 5.97 Å². The second kappa shape index (κ2) is 5.61. The van der Waals surface area contributed by atoms with Crippen molar-refractivity contribution in [3.63, 3.8) is 0 Å². The molecule has 5 heteroatoms. The van der Waals surface area contributed by atoms with E-state index < -0.39 is 11.9 Å². The molecular formula is C14H15ClO4. The summed E-state index contributed by atoms with van der Waals surface area (Å²) < 4.78 is 5.16. The van der Waals surface area contributed by atoms with Gasteiger partial charge < -0.3 is 9.84 Å². The van der Waals surface area contributed by atoms with E-state index in [1.54, 1.807) is 18.2 Å². The highest BCUT2D eigenvalue weighted by Crippen LogP contribution is 2.35. The Bertz CT molecular complexity index is 512. The largest absolute Gasteiger partial charge is 0.496 e. The SMILES string of the molecule is COc1ccc(Cl)cc1C(=O)C1CCC(C(=O)O)C1. The van der Waals surface area contributed by atoms with E-state index in [4.69, 9.17) is 21.4 Å². The summed E-state index contributed by atoms with van der Waals surface area (Å²) in [7, 11) is 1.49. The lowest BCUT2D eigenvalue weighted by Crippen LogP contribution is -2.15. The van der Waals surface area contributed by atoms with Crippen molar-refractivity contribution in [2.24, 2.45) is 11.8 Å². The Morgan fingerprint density at radius 1 is 1.32 bits per heavy atom. The van der Waals surface area contributed by atoms with Crippen molar-refractivity contribution in [2.75, 3.05) is 7.11 Å². The molecule has 0 aromatic heterocycles. The number of aliphatic carboxylic acids is 1. The molecule has 2 atom stereocenters. The van der Waals surface area contributed by atoms with Gasteiger partial charge in [0.05, 0.1) is 18.6 Å². The van der Waals surface area contributed by atoms with Crippen LogP contribution in [0.1, 0.15) is 29.6 Å². The van der Waals surface area contributed by atoms with E-state index in [1.807, 2.05) is 0 Å². The fourth-order valence-corrected chi connectivity index (χ4v) is 2.71. The third-order valence-electron chi connectivity index (χ3n) is 3.58. The minimum Gasteiger partial charge on any atom is -0.496 e. The average molecular weight is 283 g/mol. The molecule has 0 amide bonds. The monoisotopic (exact) mass is 282 g/mol. The summed E-state index contributed by atoms with van der Waals surface area (Å²) in [6.07, 6.45) is 1.55. The van der Waals surface area contributed by atoms with Crippen LogP contribution in [0, 0.1) is 11.8 Å². The minimum absolute atomic E-state index is 0.0805. The summed E-state index contributed by atoms with van der Waals surface area (Å²) in [5.41, 5.74) is 0.436. The van der Waals surface area contributed by atoms with Crippen LogP contribution in [-0.4, -0.2) is 24.0 Å². The van der Waals surface area contributed by atoms with Crippen LogP contribution in [0.5, 0.6) is 5.75 Å². The molecule has 0 aliphatic heterocycles. The van der Waals surface area contributed by atoms with Crippen LogP contribution < -0.4 is 4.74 Å². The first kappa shape index (κ1) is 13.9. The van der Waals surface area contributed by atoms with Crippen molar-refractivity contribution in [1.82, 2.24) is 0 Å². The Hall–Kier alpha value is -1.55. The van der Waals surface area contributed by atoms with Gasteiger partial charge in [-0.05, 0) is 37.5 Å². The molecule has 19 heavy (non-hydrogen) atoms. The van der Waals surface area contributed by atoms with Gasteiger partial charge in [0.25, 0.3) is 0 Å². The van der Waals surface area contributed by atoms with Crippen LogP contribution in [0.15, 0.2) is 18.2 Å². The van der Waals surface area contributed by atoms with E-state index in [1.165, 1.54) is 7.11 Å². The van der Waals surface area contributed by atoms with Gasteiger partial charge in [-0.1, -0.05) is 11.6 Å². The summed E-state index contributed by atoms with van der Waals surface area (Å²) in [6, 6.07) is 4.89. The fourth-order valence-electron chi connectivity index (χ4n) is 2.54. The molecule has 0 saturated heterocycles. The summed E-state index contributed by atoms with van der Waals surface area (Å²) in [5.74, 6) is -1.10. The maximum absolute atomic E-state index is 12.4. The van der Waals surface area contributed by atoms with Gasteiger partial charge in [0.15, 0.2) is 5.78 Å². The number of carbonyl (C=O) groups excluding carboxylic acids is 1. The smallest absolute Gasteiger partial charge is 0.306 e. The highest BCUT2D eigenvalue weighted by molar-refractivity contribution is 6.31. The number of carbonyl (C=O) groups is 2. The second-order valence-corrected chi connectivity index (χ2v) is 5.19. The number of ether oxygens (including phenoxy) is 1. The van der Waals surface area contributed by atoms with E-state index in [0.29, 0.717) is 35.6 Å². The second-order valence-electron chi connectivity index (χ2n) is 4.75. The van der Waals surface area contributed by atoms with Crippen LogP contribution in [0.4, 0.5) is 0 Å². The predicted molar refractivity (Wildman–Crippen MR) is 70.8 cm³/mol. The minimum atomic E-state index is -0.826. The molecule has 1 aromatic carbocycles. The molecule has 4 nitrogen and oxygen atoms in total. The van der Waals surface area contributed by atoms with E-state index in [2.05, 4.69) is 0 Å². The maximum Gasteiger partial charge on any atom is 0.306 e. The zero-order chi connectivity index (χ0) is 14.0. The molecule has 0 radical (unpaired) electrons. The molecule has 1 fully saturated rings. The van der Waals surface area contributed by atoms with Gasteiger partial charge in [-0.2, -0.15) is 0 Å². The fraction of sp³-hybridized carbons (Fsp3) is 0.429. The first-order valence-electron chi connectivity index (χ1n) is 6.13. The van der Waals surface area contributed by atoms with Crippen molar-refractivity contribution in [3.05, 3.63) is 28.8 Å². The van der Waals surface area contributed by atoms with Crippen molar-refractivity contribution < 1.29 is 19.4 Å². The van der Waals surface area contributed by atoms with Gasteiger partial charge in [-0.25, -0.2) is 0 Å². The molecule has 102 valence electrons. The summed E-state index contributed by atoms with van der Waals surface area (Å²) in [6.45, 7) is 0. The molecule has 1 aromatic rings. The van der Waals surface area contributed by atoms with Crippen LogP contribution >= 0.6 is 11.6 Å². The molecule has 0 spiro atoms.